The molecule has 19 heavy (non-hydrogen) atoms. The monoisotopic (exact) mass is 285 g/mol. The predicted molar refractivity (Wildman–Crippen MR) is 67.6 cm³/mol. The van der Waals surface area contributed by atoms with E-state index in [2.05, 4.69) is 0 Å². The molecule has 6 nitrogen and oxygen atoms in total. The second-order valence-corrected chi connectivity index (χ2v) is 7.24. The van der Waals surface area contributed by atoms with Gasteiger partial charge < -0.3 is 9.15 Å². The molecule has 0 N–H and O–H groups in total. The summed E-state index contributed by atoms with van der Waals surface area (Å²) >= 11 is 0. The average molecular weight is 285 g/mol. The van der Waals surface area contributed by atoms with Crippen LogP contribution in [0.25, 0.3) is 0 Å². The van der Waals surface area contributed by atoms with Crippen LogP contribution in [-0.4, -0.2) is 37.2 Å². The standard InChI is InChI=1S/C12H15NO5S/c1-8-4-9(5-12(14)17-8)18-10-6-13(7-10)19(15,16)11-2-3-11/h4-5,10-11H,2-3,6-7H2,1H3. The molecule has 0 amide bonds. The van der Waals surface area contributed by atoms with Crippen LogP contribution in [0.3, 0.4) is 0 Å². The molecule has 0 aromatic carbocycles. The molecule has 1 aliphatic heterocycles. The summed E-state index contributed by atoms with van der Waals surface area (Å²) in [6.45, 7) is 2.38. The Labute approximate surface area is 111 Å². The number of ether oxygens (including phenoxy) is 1. The van der Waals surface area contributed by atoms with Crippen molar-refractivity contribution in [1.82, 2.24) is 4.31 Å². The molecule has 1 aromatic heterocycles. The number of aryl methyl sites for hydroxylation is 1. The molecule has 0 spiro atoms. The summed E-state index contributed by atoms with van der Waals surface area (Å²) in [5, 5.41) is -0.181. The van der Waals surface area contributed by atoms with E-state index < -0.39 is 15.6 Å². The van der Waals surface area contributed by atoms with Crippen LogP contribution in [-0.2, 0) is 10.0 Å². The van der Waals surface area contributed by atoms with Crippen LogP contribution in [0.15, 0.2) is 21.3 Å². The van der Waals surface area contributed by atoms with Gasteiger partial charge in [0.15, 0.2) is 0 Å². The van der Waals surface area contributed by atoms with Gasteiger partial charge in [-0.25, -0.2) is 13.2 Å². The van der Waals surface area contributed by atoms with Crippen molar-refractivity contribution in [2.45, 2.75) is 31.1 Å². The zero-order chi connectivity index (χ0) is 13.6. The first-order chi connectivity index (χ1) is 8.95. The minimum Gasteiger partial charge on any atom is -0.487 e. The van der Waals surface area contributed by atoms with E-state index in [1.807, 2.05) is 0 Å². The quantitative estimate of drug-likeness (QED) is 0.805. The van der Waals surface area contributed by atoms with E-state index in [0.29, 0.717) is 24.6 Å². The summed E-state index contributed by atoms with van der Waals surface area (Å²) in [6.07, 6.45) is 1.35. The molecular weight excluding hydrogens is 270 g/mol. The lowest BCUT2D eigenvalue weighted by Gasteiger charge is -2.37. The van der Waals surface area contributed by atoms with E-state index >= 15 is 0 Å². The minimum atomic E-state index is -3.10. The fourth-order valence-electron chi connectivity index (χ4n) is 2.10. The van der Waals surface area contributed by atoms with Crippen LogP contribution < -0.4 is 10.4 Å². The Morgan fingerprint density at radius 2 is 2.00 bits per heavy atom. The molecule has 3 rings (SSSR count). The fraction of sp³-hybridized carbons (Fsp3) is 0.583. The van der Waals surface area contributed by atoms with Crippen molar-refractivity contribution < 1.29 is 17.6 Å². The van der Waals surface area contributed by atoms with Gasteiger partial charge in [0.1, 0.15) is 17.6 Å². The van der Waals surface area contributed by atoms with Gasteiger partial charge >= 0.3 is 5.63 Å². The molecule has 104 valence electrons. The molecule has 0 bridgehead atoms. The Kier molecular flexibility index (Phi) is 2.90. The van der Waals surface area contributed by atoms with Crippen LogP contribution in [0.2, 0.25) is 0 Å². The Morgan fingerprint density at radius 3 is 2.58 bits per heavy atom. The first-order valence-electron chi connectivity index (χ1n) is 6.22. The Morgan fingerprint density at radius 1 is 1.32 bits per heavy atom. The third-order valence-corrected chi connectivity index (χ3v) is 5.62. The van der Waals surface area contributed by atoms with Gasteiger partial charge in [0.05, 0.1) is 24.4 Å². The number of nitrogens with zero attached hydrogens (tertiary/aromatic N) is 1. The van der Waals surface area contributed by atoms with Crippen LogP contribution in [0.1, 0.15) is 18.6 Å². The fourth-order valence-corrected chi connectivity index (χ4v) is 4.00. The van der Waals surface area contributed by atoms with Crippen molar-refractivity contribution in [1.29, 1.82) is 0 Å². The second-order valence-electron chi connectivity index (χ2n) is 5.02. The van der Waals surface area contributed by atoms with Gasteiger partial charge in [0, 0.05) is 6.07 Å². The normalized spacial score (nSPS) is 21.1. The lowest BCUT2D eigenvalue weighted by molar-refractivity contribution is 0.0753. The molecule has 2 fully saturated rings. The number of hydrogen-bond acceptors (Lipinski definition) is 5. The summed E-state index contributed by atoms with van der Waals surface area (Å²) in [7, 11) is -3.10. The molecule has 2 heterocycles. The van der Waals surface area contributed by atoms with Gasteiger partial charge in [-0.2, -0.15) is 4.31 Å². The first kappa shape index (κ1) is 12.7. The van der Waals surface area contributed by atoms with Crippen molar-refractivity contribution in [2.75, 3.05) is 13.1 Å². The van der Waals surface area contributed by atoms with Gasteiger partial charge in [0.25, 0.3) is 0 Å². The molecular formula is C12H15NO5S. The van der Waals surface area contributed by atoms with Gasteiger partial charge in [-0.15, -0.1) is 0 Å². The summed E-state index contributed by atoms with van der Waals surface area (Å²) in [5.41, 5.74) is -0.461. The van der Waals surface area contributed by atoms with Gasteiger partial charge in [-0.1, -0.05) is 0 Å². The van der Waals surface area contributed by atoms with Crippen LogP contribution in [0.4, 0.5) is 0 Å². The summed E-state index contributed by atoms with van der Waals surface area (Å²) in [5.74, 6) is 0.909. The zero-order valence-corrected chi connectivity index (χ0v) is 11.4. The molecule has 1 saturated carbocycles. The summed E-state index contributed by atoms with van der Waals surface area (Å²) in [4.78, 5) is 11.2. The maximum absolute atomic E-state index is 11.9. The SMILES string of the molecule is Cc1cc(OC2CN(S(=O)(=O)C3CC3)C2)cc(=O)o1. The molecule has 1 aliphatic carbocycles. The number of sulfonamides is 1. The third-order valence-electron chi connectivity index (χ3n) is 3.29. The zero-order valence-electron chi connectivity index (χ0n) is 10.5. The van der Waals surface area contributed by atoms with E-state index in [0.717, 1.165) is 12.8 Å². The van der Waals surface area contributed by atoms with E-state index in [1.165, 1.54) is 10.4 Å². The van der Waals surface area contributed by atoms with Crippen molar-refractivity contribution >= 4 is 10.0 Å². The lowest BCUT2D eigenvalue weighted by atomic mass is 10.2. The largest absolute Gasteiger partial charge is 0.487 e. The molecule has 1 saturated heterocycles. The topological polar surface area (TPSA) is 76.8 Å². The predicted octanol–water partition coefficient (Wildman–Crippen LogP) is 0.503. The molecule has 0 unspecified atom stereocenters. The van der Waals surface area contributed by atoms with E-state index in [4.69, 9.17) is 9.15 Å². The highest BCUT2D eigenvalue weighted by atomic mass is 32.2. The molecule has 2 aliphatic rings. The van der Waals surface area contributed by atoms with E-state index in [-0.39, 0.29) is 11.4 Å². The second kappa shape index (κ2) is 4.35. The highest BCUT2D eigenvalue weighted by Crippen LogP contribution is 2.33. The smallest absolute Gasteiger partial charge is 0.339 e. The molecule has 0 atom stereocenters. The van der Waals surface area contributed by atoms with Crippen LogP contribution in [0, 0.1) is 6.92 Å². The Bertz CT molecular complexity index is 640. The van der Waals surface area contributed by atoms with Gasteiger partial charge in [0.2, 0.25) is 10.0 Å². The van der Waals surface area contributed by atoms with Crippen molar-refractivity contribution in [2.24, 2.45) is 0 Å². The van der Waals surface area contributed by atoms with Crippen LogP contribution in [0.5, 0.6) is 5.75 Å². The first-order valence-corrected chi connectivity index (χ1v) is 7.73. The average Bonchev–Trinajstić information content (AvgIpc) is 3.04. The van der Waals surface area contributed by atoms with Crippen molar-refractivity contribution in [3.8, 4) is 5.75 Å². The van der Waals surface area contributed by atoms with Crippen molar-refractivity contribution in [3.63, 3.8) is 0 Å². The van der Waals surface area contributed by atoms with E-state index in [9.17, 15) is 13.2 Å². The Balaban J connectivity index is 1.61. The number of hydrogen-bond donors (Lipinski definition) is 0. The number of rotatable bonds is 4. The summed E-state index contributed by atoms with van der Waals surface area (Å²) < 4.78 is 35.6. The maximum atomic E-state index is 11.9. The van der Waals surface area contributed by atoms with Crippen molar-refractivity contribution in [3.05, 3.63) is 28.3 Å². The van der Waals surface area contributed by atoms with Gasteiger partial charge in [-0.3, -0.25) is 0 Å². The Hall–Kier alpha value is -1.34. The third kappa shape index (κ3) is 2.52. The lowest BCUT2D eigenvalue weighted by Crippen LogP contribution is -2.56. The molecule has 7 heteroatoms. The molecule has 0 radical (unpaired) electrons. The summed E-state index contributed by atoms with van der Waals surface area (Å²) in [6, 6.07) is 2.89. The highest BCUT2D eigenvalue weighted by Gasteiger charge is 2.45. The van der Waals surface area contributed by atoms with Gasteiger partial charge in [-0.05, 0) is 19.8 Å². The maximum Gasteiger partial charge on any atom is 0.339 e. The highest BCUT2D eigenvalue weighted by molar-refractivity contribution is 7.90. The minimum absolute atomic E-state index is 0.181. The molecule has 1 aromatic rings. The van der Waals surface area contributed by atoms with E-state index in [1.54, 1.807) is 13.0 Å². The van der Waals surface area contributed by atoms with Crippen LogP contribution >= 0.6 is 0 Å².